The van der Waals surface area contributed by atoms with E-state index >= 15 is 0 Å². The van der Waals surface area contributed by atoms with Crippen molar-refractivity contribution in [3.05, 3.63) is 36.0 Å². The summed E-state index contributed by atoms with van der Waals surface area (Å²) in [6.45, 7) is 9.80. The van der Waals surface area contributed by atoms with Crippen LogP contribution in [0.5, 0.6) is 0 Å². The molecule has 0 saturated carbocycles. The number of carboxylic acid groups (broad SMARTS) is 1. The van der Waals surface area contributed by atoms with Crippen molar-refractivity contribution in [3.63, 3.8) is 0 Å². The largest absolute Gasteiger partial charge is 0.480 e. The first-order chi connectivity index (χ1) is 21.4. The van der Waals surface area contributed by atoms with E-state index in [2.05, 4.69) is 16.0 Å². The Morgan fingerprint density at radius 1 is 0.956 bits per heavy atom. The van der Waals surface area contributed by atoms with Crippen molar-refractivity contribution in [2.24, 2.45) is 5.92 Å². The van der Waals surface area contributed by atoms with Crippen molar-refractivity contribution in [2.75, 3.05) is 7.11 Å². The molecule has 0 bridgehead atoms. The van der Waals surface area contributed by atoms with Crippen LogP contribution in [0.1, 0.15) is 85.1 Å². The average molecular weight is 628 g/mol. The molecule has 1 aliphatic heterocycles. The van der Waals surface area contributed by atoms with Crippen molar-refractivity contribution in [1.82, 2.24) is 25.4 Å². The molecule has 1 aliphatic rings. The van der Waals surface area contributed by atoms with Gasteiger partial charge in [-0.25, -0.2) is 14.4 Å². The van der Waals surface area contributed by atoms with Gasteiger partial charge in [-0.1, -0.05) is 51.8 Å². The lowest BCUT2D eigenvalue weighted by molar-refractivity contribution is -0.142. The van der Waals surface area contributed by atoms with Crippen molar-refractivity contribution < 1.29 is 33.8 Å². The summed E-state index contributed by atoms with van der Waals surface area (Å²) >= 11 is 0. The highest BCUT2D eigenvalue weighted by Gasteiger charge is 2.34. The van der Waals surface area contributed by atoms with Crippen LogP contribution in [0.3, 0.4) is 0 Å². The average Bonchev–Trinajstić information content (AvgIpc) is 3.35. The van der Waals surface area contributed by atoms with Crippen LogP contribution in [0, 0.1) is 5.92 Å². The maximum absolute atomic E-state index is 13.9. The van der Waals surface area contributed by atoms with Gasteiger partial charge in [-0.2, -0.15) is 0 Å². The van der Waals surface area contributed by atoms with E-state index in [1.54, 1.807) is 35.4 Å². The fourth-order valence-corrected chi connectivity index (χ4v) is 6.05. The third-order valence-electron chi connectivity index (χ3n) is 8.43. The van der Waals surface area contributed by atoms with Gasteiger partial charge in [-0.15, -0.1) is 0 Å². The van der Waals surface area contributed by atoms with Crippen LogP contribution < -0.4 is 16.0 Å². The van der Waals surface area contributed by atoms with E-state index < -0.39 is 42.0 Å². The lowest BCUT2D eigenvalue weighted by Crippen LogP contribution is -2.59. The molecule has 1 fully saturated rings. The molecule has 2 aromatic rings. The lowest BCUT2D eigenvalue weighted by atomic mass is 9.97. The Labute approximate surface area is 265 Å². The molecular formula is C33H49N5O7. The number of amides is 4. The molecule has 1 aromatic heterocycles. The number of benzene rings is 1. The molecule has 2 heterocycles. The van der Waals surface area contributed by atoms with Crippen LogP contribution in [-0.4, -0.2) is 81.8 Å². The Hall–Kier alpha value is -4.09. The van der Waals surface area contributed by atoms with Gasteiger partial charge in [-0.3, -0.25) is 14.2 Å². The van der Waals surface area contributed by atoms with Gasteiger partial charge in [0.25, 0.3) is 0 Å². The monoisotopic (exact) mass is 627 g/mol. The number of carbonyl (C=O) groups is 5. The second kappa shape index (κ2) is 16.3. The Balaban J connectivity index is 1.94. The lowest BCUT2D eigenvalue weighted by Gasteiger charge is -2.39. The van der Waals surface area contributed by atoms with Crippen molar-refractivity contribution in [1.29, 1.82) is 0 Å². The first-order valence-corrected chi connectivity index (χ1v) is 16.0. The quantitative estimate of drug-likeness (QED) is 0.256. The third-order valence-corrected chi connectivity index (χ3v) is 8.43. The van der Waals surface area contributed by atoms with Crippen LogP contribution in [0.25, 0.3) is 10.9 Å². The third kappa shape index (κ3) is 9.21. The molecule has 12 nitrogen and oxygen atoms in total. The van der Waals surface area contributed by atoms with Crippen LogP contribution >= 0.6 is 0 Å². The minimum Gasteiger partial charge on any atom is -0.480 e. The Kier molecular flexibility index (Phi) is 12.8. The van der Waals surface area contributed by atoms with Gasteiger partial charge in [0.05, 0.1) is 12.6 Å². The van der Waals surface area contributed by atoms with Gasteiger partial charge in [-0.05, 0) is 63.5 Å². The summed E-state index contributed by atoms with van der Waals surface area (Å²) in [6, 6.07) is 3.56. The van der Waals surface area contributed by atoms with Crippen molar-refractivity contribution in [2.45, 2.75) is 116 Å². The smallest absolute Gasteiger partial charge is 0.418 e. The minimum atomic E-state index is -1.20. The normalized spacial score (nSPS) is 18.6. The molecule has 5 atom stereocenters. The van der Waals surface area contributed by atoms with Crippen LogP contribution in [0.4, 0.5) is 9.59 Å². The van der Waals surface area contributed by atoms with E-state index in [1.807, 2.05) is 34.6 Å². The summed E-state index contributed by atoms with van der Waals surface area (Å²) in [4.78, 5) is 67.3. The van der Waals surface area contributed by atoms with Gasteiger partial charge in [0.1, 0.15) is 18.1 Å². The predicted molar refractivity (Wildman–Crippen MR) is 171 cm³/mol. The number of likely N-dealkylation sites (tertiary alicyclic amines) is 1. The predicted octanol–water partition coefficient (Wildman–Crippen LogP) is 4.43. The number of piperidine rings is 1. The van der Waals surface area contributed by atoms with Gasteiger partial charge in [0.15, 0.2) is 0 Å². The molecule has 1 aromatic carbocycles. The molecule has 5 unspecified atom stereocenters. The Morgan fingerprint density at radius 3 is 2.18 bits per heavy atom. The maximum atomic E-state index is 13.9. The number of nitrogens with zero attached hydrogens (tertiary/aromatic N) is 2. The summed E-state index contributed by atoms with van der Waals surface area (Å²) in [7, 11) is 1.27. The van der Waals surface area contributed by atoms with Crippen LogP contribution in [0.2, 0.25) is 0 Å². The first kappa shape index (κ1) is 35.4. The number of urea groups is 1. The fourth-order valence-electron chi connectivity index (χ4n) is 6.05. The van der Waals surface area contributed by atoms with E-state index in [9.17, 15) is 29.1 Å². The number of rotatable bonds is 13. The van der Waals surface area contributed by atoms with Gasteiger partial charge in [0.2, 0.25) is 11.8 Å². The number of hydrogen-bond donors (Lipinski definition) is 4. The maximum Gasteiger partial charge on any atom is 0.418 e. The Morgan fingerprint density at radius 2 is 1.58 bits per heavy atom. The number of carboxylic acids is 1. The zero-order valence-electron chi connectivity index (χ0n) is 27.3. The summed E-state index contributed by atoms with van der Waals surface area (Å²) < 4.78 is 6.25. The molecule has 45 heavy (non-hydrogen) atoms. The number of aliphatic carboxylic acids is 1. The molecule has 1 saturated heterocycles. The second-order valence-electron chi connectivity index (χ2n) is 12.5. The molecule has 0 spiro atoms. The number of aromatic nitrogens is 1. The molecule has 4 N–H and O–H groups in total. The highest BCUT2D eigenvalue weighted by atomic mass is 16.5. The van der Waals surface area contributed by atoms with Gasteiger partial charge >= 0.3 is 18.1 Å². The van der Waals surface area contributed by atoms with Gasteiger partial charge in [0, 0.05) is 30.1 Å². The zero-order valence-corrected chi connectivity index (χ0v) is 27.3. The van der Waals surface area contributed by atoms with Gasteiger partial charge < -0.3 is 30.7 Å². The number of para-hydroxylation sites is 1. The number of fused-ring (bicyclic) bond motifs is 1. The SMILES string of the molecule is CCCCC(NC(=O)C(Cc1cn(C(=O)OC)c2ccccc12)NC(=O)C(CC(C)C)NC(=O)N1C(C)CCCC1C)C(=O)O. The molecule has 0 aliphatic carbocycles. The molecule has 4 amide bonds. The van der Waals surface area contributed by atoms with Crippen molar-refractivity contribution >= 4 is 40.8 Å². The van der Waals surface area contributed by atoms with E-state index in [1.165, 1.54) is 11.7 Å². The first-order valence-electron chi connectivity index (χ1n) is 16.0. The number of unbranched alkanes of at least 4 members (excludes halogenated alkanes) is 1. The number of ether oxygens (including phenoxy) is 1. The standard InChI is InChI=1S/C33H49N5O7/c1-7-8-15-25(31(41)42)34-30(40)27(18-23-19-37(33(44)45-6)28-16-10-9-14-24(23)28)35-29(39)26(17-20(2)3)36-32(43)38-21(4)12-11-13-22(38)5/h9-10,14,16,19-22,25-27H,7-8,11-13,15,17-18H2,1-6H3,(H,34,40)(H,35,39)(H,36,43)(H,41,42). The number of methoxy groups -OCH3 is 1. The minimum absolute atomic E-state index is 0.0261. The second-order valence-corrected chi connectivity index (χ2v) is 12.5. The molecule has 3 rings (SSSR count). The number of hydrogen-bond acceptors (Lipinski definition) is 6. The van der Waals surface area contributed by atoms with E-state index in [0.29, 0.717) is 29.3 Å². The summed E-state index contributed by atoms with van der Waals surface area (Å²) in [5.41, 5.74) is 1.14. The molecule has 12 heteroatoms. The number of carbonyl (C=O) groups excluding carboxylic acids is 4. The molecule has 248 valence electrons. The highest BCUT2D eigenvalue weighted by molar-refractivity contribution is 5.95. The molecule has 0 radical (unpaired) electrons. The fraction of sp³-hybridized carbons (Fsp3) is 0.606. The highest BCUT2D eigenvalue weighted by Crippen LogP contribution is 2.24. The topological polar surface area (TPSA) is 159 Å². The summed E-state index contributed by atoms with van der Waals surface area (Å²) in [5, 5.41) is 18.8. The van der Waals surface area contributed by atoms with Crippen LogP contribution in [-0.2, 0) is 25.5 Å². The Bertz CT molecular complexity index is 1350. The summed E-state index contributed by atoms with van der Waals surface area (Å²) in [6.07, 6.45) is 5.60. The van der Waals surface area contributed by atoms with Crippen molar-refractivity contribution in [3.8, 4) is 0 Å². The molecular weight excluding hydrogens is 578 g/mol. The summed E-state index contributed by atoms with van der Waals surface area (Å²) in [5.74, 6) is -2.34. The van der Waals surface area contributed by atoms with E-state index in [4.69, 9.17) is 4.74 Å². The number of nitrogens with one attached hydrogen (secondary N) is 3. The van der Waals surface area contributed by atoms with E-state index in [-0.39, 0.29) is 36.9 Å². The zero-order chi connectivity index (χ0) is 33.3. The van der Waals surface area contributed by atoms with Crippen LogP contribution in [0.15, 0.2) is 30.5 Å². The van der Waals surface area contributed by atoms with E-state index in [0.717, 1.165) is 25.7 Å².